The standard InChI is InChI=1S/C10H22N2/c1-9(2)11-6-5-7-12(8-11)10(3)4/h9-10H,5-8H2,1-4H3. The number of hydrogen-bond acceptors (Lipinski definition) is 2. The van der Waals surface area contributed by atoms with Gasteiger partial charge in [0.2, 0.25) is 0 Å². The lowest BCUT2D eigenvalue weighted by atomic mass is 10.2. The van der Waals surface area contributed by atoms with Crippen LogP contribution in [0, 0.1) is 0 Å². The van der Waals surface area contributed by atoms with Crippen molar-refractivity contribution in [3.05, 3.63) is 0 Å². The summed E-state index contributed by atoms with van der Waals surface area (Å²) in [6.07, 6.45) is 1.33. The van der Waals surface area contributed by atoms with Crippen LogP contribution in [-0.2, 0) is 0 Å². The first-order valence-corrected chi connectivity index (χ1v) is 5.09. The Morgan fingerprint density at radius 2 is 1.25 bits per heavy atom. The van der Waals surface area contributed by atoms with Crippen molar-refractivity contribution in [1.29, 1.82) is 0 Å². The molecule has 0 bridgehead atoms. The highest BCUT2D eigenvalue weighted by Crippen LogP contribution is 2.11. The van der Waals surface area contributed by atoms with Crippen LogP contribution in [0.1, 0.15) is 34.1 Å². The molecule has 0 saturated carbocycles. The first-order valence-electron chi connectivity index (χ1n) is 5.09. The molecule has 0 spiro atoms. The highest BCUT2D eigenvalue weighted by molar-refractivity contribution is 4.73. The minimum atomic E-state index is 0.701. The van der Waals surface area contributed by atoms with Gasteiger partial charge in [0.15, 0.2) is 0 Å². The lowest BCUT2D eigenvalue weighted by Gasteiger charge is -2.39. The highest BCUT2D eigenvalue weighted by atomic mass is 15.3. The van der Waals surface area contributed by atoms with Crippen molar-refractivity contribution in [2.75, 3.05) is 19.8 Å². The zero-order valence-electron chi connectivity index (χ0n) is 8.88. The molecule has 2 heteroatoms. The average Bonchev–Trinajstić information content (AvgIpc) is 2.04. The Hall–Kier alpha value is -0.0800. The summed E-state index contributed by atoms with van der Waals surface area (Å²) in [6.45, 7) is 12.8. The lowest BCUT2D eigenvalue weighted by Crippen LogP contribution is -2.49. The molecular weight excluding hydrogens is 148 g/mol. The maximum atomic E-state index is 2.55. The monoisotopic (exact) mass is 170 g/mol. The summed E-state index contributed by atoms with van der Waals surface area (Å²) in [5, 5.41) is 0. The molecule has 0 unspecified atom stereocenters. The predicted octanol–water partition coefficient (Wildman–Crippen LogP) is 1.77. The zero-order chi connectivity index (χ0) is 9.14. The fraction of sp³-hybridized carbons (Fsp3) is 1.00. The van der Waals surface area contributed by atoms with E-state index in [9.17, 15) is 0 Å². The van der Waals surface area contributed by atoms with E-state index in [1.807, 2.05) is 0 Å². The van der Waals surface area contributed by atoms with Gasteiger partial charge in [-0.05, 0) is 34.1 Å². The van der Waals surface area contributed by atoms with Crippen LogP contribution >= 0.6 is 0 Å². The summed E-state index contributed by atoms with van der Waals surface area (Å²) in [6, 6.07) is 1.40. The van der Waals surface area contributed by atoms with Gasteiger partial charge in [-0.3, -0.25) is 9.80 Å². The van der Waals surface area contributed by atoms with Crippen LogP contribution in [0.4, 0.5) is 0 Å². The molecule has 2 nitrogen and oxygen atoms in total. The molecule has 12 heavy (non-hydrogen) atoms. The van der Waals surface area contributed by atoms with Crippen molar-refractivity contribution >= 4 is 0 Å². The van der Waals surface area contributed by atoms with Gasteiger partial charge in [0.05, 0.1) is 6.67 Å². The molecule has 1 aliphatic heterocycles. The lowest BCUT2D eigenvalue weighted by molar-refractivity contribution is 0.0430. The van der Waals surface area contributed by atoms with E-state index in [2.05, 4.69) is 37.5 Å². The Labute approximate surface area is 76.5 Å². The van der Waals surface area contributed by atoms with Crippen molar-refractivity contribution < 1.29 is 0 Å². The van der Waals surface area contributed by atoms with E-state index < -0.39 is 0 Å². The Bertz CT molecular complexity index is 118. The predicted molar refractivity (Wildman–Crippen MR) is 53.2 cm³/mol. The van der Waals surface area contributed by atoms with Gasteiger partial charge in [-0.2, -0.15) is 0 Å². The fourth-order valence-corrected chi connectivity index (χ4v) is 1.69. The molecule has 0 radical (unpaired) electrons. The summed E-state index contributed by atoms with van der Waals surface area (Å²) in [5.41, 5.74) is 0. The van der Waals surface area contributed by atoms with Gasteiger partial charge in [0.25, 0.3) is 0 Å². The molecular formula is C10H22N2. The average molecular weight is 170 g/mol. The molecule has 1 heterocycles. The Kier molecular flexibility index (Phi) is 3.53. The minimum Gasteiger partial charge on any atom is -0.288 e. The van der Waals surface area contributed by atoms with Crippen LogP contribution in [0.15, 0.2) is 0 Å². The quantitative estimate of drug-likeness (QED) is 0.623. The first-order chi connectivity index (χ1) is 5.61. The normalized spacial score (nSPS) is 22.5. The van der Waals surface area contributed by atoms with Crippen LogP contribution in [-0.4, -0.2) is 41.6 Å². The van der Waals surface area contributed by atoms with Crippen molar-refractivity contribution in [1.82, 2.24) is 9.80 Å². The molecule has 1 saturated heterocycles. The smallest absolute Gasteiger partial charge is 0.0511 e. The third-order valence-electron chi connectivity index (χ3n) is 2.71. The van der Waals surface area contributed by atoms with E-state index in [-0.39, 0.29) is 0 Å². The van der Waals surface area contributed by atoms with E-state index in [0.29, 0.717) is 12.1 Å². The molecule has 1 rings (SSSR count). The summed E-state index contributed by atoms with van der Waals surface area (Å²) in [4.78, 5) is 5.09. The van der Waals surface area contributed by atoms with Crippen LogP contribution in [0.5, 0.6) is 0 Å². The van der Waals surface area contributed by atoms with Gasteiger partial charge in [0, 0.05) is 25.2 Å². The number of hydrogen-bond donors (Lipinski definition) is 0. The highest BCUT2D eigenvalue weighted by Gasteiger charge is 2.20. The largest absolute Gasteiger partial charge is 0.288 e. The Morgan fingerprint density at radius 1 is 0.833 bits per heavy atom. The van der Waals surface area contributed by atoms with E-state index in [1.165, 1.54) is 19.5 Å². The van der Waals surface area contributed by atoms with Crippen molar-refractivity contribution in [3.63, 3.8) is 0 Å². The molecule has 72 valence electrons. The van der Waals surface area contributed by atoms with Gasteiger partial charge in [0.1, 0.15) is 0 Å². The van der Waals surface area contributed by atoms with Gasteiger partial charge < -0.3 is 0 Å². The Balaban J connectivity index is 2.40. The first kappa shape index (κ1) is 10.0. The van der Waals surface area contributed by atoms with Crippen LogP contribution in [0.25, 0.3) is 0 Å². The summed E-state index contributed by atoms with van der Waals surface area (Å²) in [5.74, 6) is 0. The third-order valence-corrected chi connectivity index (χ3v) is 2.71. The summed E-state index contributed by atoms with van der Waals surface area (Å²) >= 11 is 0. The molecule has 0 aromatic heterocycles. The topological polar surface area (TPSA) is 6.48 Å². The second kappa shape index (κ2) is 4.24. The molecule has 0 aromatic rings. The van der Waals surface area contributed by atoms with Gasteiger partial charge in [-0.15, -0.1) is 0 Å². The van der Waals surface area contributed by atoms with E-state index >= 15 is 0 Å². The number of rotatable bonds is 2. The van der Waals surface area contributed by atoms with Crippen molar-refractivity contribution in [2.45, 2.75) is 46.2 Å². The maximum Gasteiger partial charge on any atom is 0.0511 e. The van der Waals surface area contributed by atoms with Crippen LogP contribution in [0.3, 0.4) is 0 Å². The van der Waals surface area contributed by atoms with E-state index in [0.717, 1.165) is 6.67 Å². The van der Waals surface area contributed by atoms with Crippen molar-refractivity contribution in [3.8, 4) is 0 Å². The molecule has 1 fully saturated rings. The third kappa shape index (κ3) is 2.46. The number of nitrogens with zero attached hydrogens (tertiary/aromatic N) is 2. The van der Waals surface area contributed by atoms with Gasteiger partial charge in [-0.1, -0.05) is 0 Å². The SMILES string of the molecule is CC(C)N1CCCN(C(C)C)C1. The summed E-state index contributed by atoms with van der Waals surface area (Å²) < 4.78 is 0. The zero-order valence-corrected chi connectivity index (χ0v) is 8.88. The molecule has 0 N–H and O–H groups in total. The minimum absolute atomic E-state index is 0.701. The molecule has 0 aliphatic carbocycles. The van der Waals surface area contributed by atoms with Gasteiger partial charge >= 0.3 is 0 Å². The maximum absolute atomic E-state index is 2.55. The fourth-order valence-electron chi connectivity index (χ4n) is 1.69. The van der Waals surface area contributed by atoms with E-state index in [4.69, 9.17) is 0 Å². The molecule has 0 atom stereocenters. The second-order valence-electron chi connectivity index (χ2n) is 4.31. The Morgan fingerprint density at radius 3 is 1.58 bits per heavy atom. The van der Waals surface area contributed by atoms with Gasteiger partial charge in [-0.25, -0.2) is 0 Å². The van der Waals surface area contributed by atoms with E-state index in [1.54, 1.807) is 0 Å². The van der Waals surface area contributed by atoms with Crippen molar-refractivity contribution in [2.24, 2.45) is 0 Å². The summed E-state index contributed by atoms with van der Waals surface area (Å²) in [7, 11) is 0. The second-order valence-corrected chi connectivity index (χ2v) is 4.31. The molecule has 0 aromatic carbocycles. The van der Waals surface area contributed by atoms with Crippen LogP contribution < -0.4 is 0 Å². The van der Waals surface area contributed by atoms with Crippen LogP contribution in [0.2, 0.25) is 0 Å². The molecule has 1 aliphatic rings. The molecule has 0 amide bonds.